The average Bonchev–Trinajstić information content (AvgIpc) is 2.61. The summed E-state index contributed by atoms with van der Waals surface area (Å²) in [6, 6.07) is 9.32. The van der Waals surface area contributed by atoms with Gasteiger partial charge in [-0.15, -0.1) is 0 Å². The Bertz CT molecular complexity index is 946. The van der Waals surface area contributed by atoms with E-state index in [4.69, 9.17) is 23.2 Å². The van der Waals surface area contributed by atoms with Crippen LogP contribution >= 0.6 is 23.2 Å². The number of aryl methyl sites for hydroxylation is 2. The molecule has 0 bridgehead atoms. The molecule has 0 aliphatic carbocycles. The van der Waals surface area contributed by atoms with Crippen LogP contribution in [0.1, 0.15) is 11.1 Å². The zero-order valence-electron chi connectivity index (χ0n) is 14.7. The van der Waals surface area contributed by atoms with Gasteiger partial charge in [-0.25, -0.2) is 9.69 Å². The van der Waals surface area contributed by atoms with E-state index in [2.05, 4.69) is 10.6 Å². The third-order valence-electron chi connectivity index (χ3n) is 4.43. The minimum atomic E-state index is -1.06. The first-order chi connectivity index (χ1) is 12.8. The van der Waals surface area contributed by atoms with Crippen LogP contribution in [0.3, 0.4) is 0 Å². The van der Waals surface area contributed by atoms with E-state index >= 15 is 0 Å². The summed E-state index contributed by atoms with van der Waals surface area (Å²) < 4.78 is 0. The number of rotatable bonds is 3. The second-order valence-corrected chi connectivity index (χ2v) is 7.11. The zero-order valence-corrected chi connectivity index (χ0v) is 16.2. The van der Waals surface area contributed by atoms with Crippen LogP contribution in [0.15, 0.2) is 36.4 Å². The number of urea groups is 1. The van der Waals surface area contributed by atoms with Crippen molar-refractivity contribution in [2.45, 2.75) is 13.8 Å². The predicted molar refractivity (Wildman–Crippen MR) is 105 cm³/mol. The number of nitrogens with zero attached hydrogens (tertiary/aromatic N) is 1. The molecule has 0 saturated carbocycles. The second-order valence-electron chi connectivity index (χ2n) is 6.30. The number of imide groups is 1. The number of carbonyl (C=O) groups excluding carboxylic acids is 3. The molecular weight excluding hydrogens is 389 g/mol. The van der Waals surface area contributed by atoms with Gasteiger partial charge in [-0.1, -0.05) is 29.3 Å². The van der Waals surface area contributed by atoms with Crippen LogP contribution in [0.4, 0.5) is 16.2 Å². The molecule has 1 aliphatic rings. The standard InChI is InChI=1S/C19H17Cl2N3O3/c1-10-3-5-13(7-11(10)2)24-18(26)14(9-22-19(24)27)17(25)23-12-4-6-15(20)16(21)8-12/h3-8,14H,9H2,1-2H3,(H,22,27)(H,23,25). The van der Waals surface area contributed by atoms with Crippen molar-refractivity contribution in [3.63, 3.8) is 0 Å². The van der Waals surface area contributed by atoms with Gasteiger partial charge in [-0.05, 0) is 55.3 Å². The first kappa shape index (κ1) is 19.2. The highest BCUT2D eigenvalue weighted by molar-refractivity contribution is 6.42. The maximum Gasteiger partial charge on any atom is 0.328 e. The average molecular weight is 406 g/mol. The number of hydrogen-bond acceptors (Lipinski definition) is 3. The highest BCUT2D eigenvalue weighted by Crippen LogP contribution is 2.26. The maximum absolute atomic E-state index is 12.8. The van der Waals surface area contributed by atoms with E-state index < -0.39 is 23.8 Å². The number of benzene rings is 2. The molecule has 3 rings (SSSR count). The third-order valence-corrected chi connectivity index (χ3v) is 5.17. The molecule has 0 radical (unpaired) electrons. The van der Waals surface area contributed by atoms with Crippen molar-refractivity contribution in [1.29, 1.82) is 0 Å². The summed E-state index contributed by atoms with van der Waals surface area (Å²) >= 11 is 11.8. The number of carbonyl (C=O) groups is 3. The van der Waals surface area contributed by atoms with Gasteiger partial charge in [0.05, 0.1) is 15.7 Å². The smallest absolute Gasteiger partial charge is 0.328 e. The molecule has 6 nitrogen and oxygen atoms in total. The summed E-state index contributed by atoms with van der Waals surface area (Å²) in [5.41, 5.74) is 2.82. The topological polar surface area (TPSA) is 78.5 Å². The third kappa shape index (κ3) is 3.91. The van der Waals surface area contributed by atoms with E-state index in [1.165, 1.54) is 6.07 Å². The lowest BCUT2D eigenvalue weighted by atomic mass is 10.0. The monoisotopic (exact) mass is 405 g/mol. The Kier molecular flexibility index (Phi) is 5.39. The number of anilines is 2. The lowest BCUT2D eigenvalue weighted by molar-refractivity contribution is -0.130. The van der Waals surface area contributed by atoms with E-state index in [-0.39, 0.29) is 11.6 Å². The van der Waals surface area contributed by atoms with Crippen LogP contribution in [0, 0.1) is 19.8 Å². The van der Waals surface area contributed by atoms with Gasteiger partial charge < -0.3 is 10.6 Å². The fraction of sp³-hybridized carbons (Fsp3) is 0.211. The molecule has 1 fully saturated rings. The highest BCUT2D eigenvalue weighted by atomic mass is 35.5. The number of amides is 4. The van der Waals surface area contributed by atoms with Crippen molar-refractivity contribution in [3.8, 4) is 0 Å². The van der Waals surface area contributed by atoms with Crippen LogP contribution < -0.4 is 15.5 Å². The van der Waals surface area contributed by atoms with Gasteiger partial charge in [0.15, 0.2) is 0 Å². The molecule has 2 aromatic carbocycles. The summed E-state index contributed by atoms with van der Waals surface area (Å²) in [5, 5.41) is 5.87. The van der Waals surface area contributed by atoms with Gasteiger partial charge in [-0.3, -0.25) is 9.59 Å². The zero-order chi connectivity index (χ0) is 19.7. The van der Waals surface area contributed by atoms with Gasteiger partial charge in [-0.2, -0.15) is 0 Å². The molecule has 1 saturated heterocycles. The summed E-state index contributed by atoms with van der Waals surface area (Å²) in [5.74, 6) is -2.18. The molecule has 1 heterocycles. The molecule has 8 heteroatoms. The van der Waals surface area contributed by atoms with E-state index in [1.54, 1.807) is 24.3 Å². The van der Waals surface area contributed by atoms with Crippen LogP contribution in [-0.4, -0.2) is 24.4 Å². The van der Waals surface area contributed by atoms with E-state index in [0.717, 1.165) is 16.0 Å². The van der Waals surface area contributed by atoms with Crippen LogP contribution in [-0.2, 0) is 9.59 Å². The molecule has 4 amide bonds. The Morgan fingerprint density at radius 1 is 1.07 bits per heavy atom. The van der Waals surface area contributed by atoms with Crippen LogP contribution in [0.5, 0.6) is 0 Å². The van der Waals surface area contributed by atoms with Gasteiger partial charge in [0.25, 0.3) is 0 Å². The van der Waals surface area contributed by atoms with Crippen LogP contribution in [0.2, 0.25) is 10.0 Å². The molecule has 0 aromatic heterocycles. The Balaban J connectivity index is 1.82. The lowest BCUT2D eigenvalue weighted by Gasteiger charge is -2.31. The van der Waals surface area contributed by atoms with Crippen molar-refractivity contribution in [1.82, 2.24) is 5.32 Å². The Morgan fingerprint density at radius 2 is 1.81 bits per heavy atom. The predicted octanol–water partition coefficient (Wildman–Crippen LogP) is 3.92. The first-order valence-electron chi connectivity index (χ1n) is 8.23. The van der Waals surface area contributed by atoms with Crippen molar-refractivity contribution in [2.75, 3.05) is 16.8 Å². The molecular formula is C19H17Cl2N3O3. The summed E-state index contributed by atoms with van der Waals surface area (Å²) in [4.78, 5) is 38.7. The van der Waals surface area contributed by atoms with Crippen molar-refractivity contribution >= 4 is 52.4 Å². The SMILES string of the molecule is Cc1ccc(N2C(=O)NCC(C(=O)Nc3ccc(Cl)c(Cl)c3)C2=O)cc1C. The second kappa shape index (κ2) is 7.58. The van der Waals surface area contributed by atoms with Crippen LogP contribution in [0.25, 0.3) is 0 Å². The number of nitrogens with one attached hydrogen (secondary N) is 2. The first-order valence-corrected chi connectivity index (χ1v) is 8.98. The molecule has 0 spiro atoms. The fourth-order valence-corrected chi connectivity index (χ4v) is 3.03. The summed E-state index contributed by atoms with van der Waals surface area (Å²) in [6.07, 6.45) is 0. The molecule has 1 aliphatic heterocycles. The molecule has 2 N–H and O–H groups in total. The van der Waals surface area contributed by atoms with Gasteiger partial charge in [0, 0.05) is 12.2 Å². The minimum Gasteiger partial charge on any atom is -0.336 e. The van der Waals surface area contributed by atoms with Gasteiger partial charge >= 0.3 is 6.03 Å². The number of halogens is 2. The Hall–Kier alpha value is -2.57. The molecule has 1 unspecified atom stereocenters. The molecule has 1 atom stereocenters. The van der Waals surface area contributed by atoms with Crippen molar-refractivity contribution in [3.05, 3.63) is 57.6 Å². The molecule has 140 valence electrons. The highest BCUT2D eigenvalue weighted by Gasteiger charge is 2.39. The van der Waals surface area contributed by atoms with Crippen molar-refractivity contribution in [2.24, 2.45) is 5.92 Å². The van der Waals surface area contributed by atoms with E-state index in [0.29, 0.717) is 16.4 Å². The van der Waals surface area contributed by atoms with E-state index in [1.807, 2.05) is 19.9 Å². The van der Waals surface area contributed by atoms with Crippen molar-refractivity contribution < 1.29 is 14.4 Å². The summed E-state index contributed by atoms with van der Waals surface area (Å²) in [7, 11) is 0. The normalized spacial score (nSPS) is 16.9. The van der Waals surface area contributed by atoms with E-state index in [9.17, 15) is 14.4 Å². The summed E-state index contributed by atoms with van der Waals surface area (Å²) in [6.45, 7) is 3.75. The van der Waals surface area contributed by atoms with Gasteiger partial charge in [0.1, 0.15) is 5.92 Å². The Labute approximate surface area is 166 Å². The quantitative estimate of drug-likeness (QED) is 0.759. The molecule has 2 aromatic rings. The molecule has 27 heavy (non-hydrogen) atoms. The maximum atomic E-state index is 12.8. The fourth-order valence-electron chi connectivity index (χ4n) is 2.73. The number of hydrogen-bond donors (Lipinski definition) is 2. The minimum absolute atomic E-state index is 0.0772. The largest absolute Gasteiger partial charge is 0.336 e. The van der Waals surface area contributed by atoms with Gasteiger partial charge in [0.2, 0.25) is 11.8 Å². The Morgan fingerprint density at radius 3 is 2.48 bits per heavy atom. The lowest BCUT2D eigenvalue weighted by Crippen LogP contribution is -2.58.